The van der Waals surface area contributed by atoms with Crippen molar-refractivity contribution in [3.05, 3.63) is 29.6 Å². The lowest BCUT2D eigenvalue weighted by atomic mass is 10.1. The average molecular weight is 295 g/mol. The van der Waals surface area contributed by atoms with Crippen molar-refractivity contribution in [1.29, 1.82) is 0 Å². The number of thioether (sulfide) groups is 1. The Balaban J connectivity index is 2.18. The Labute approximate surface area is 123 Å². The van der Waals surface area contributed by atoms with E-state index in [9.17, 15) is 0 Å². The van der Waals surface area contributed by atoms with Crippen LogP contribution in [0.5, 0.6) is 0 Å². The Hall–Kier alpha value is -0.670. The second kappa shape index (κ2) is 5.37. The zero-order valence-corrected chi connectivity index (χ0v) is 13.0. The number of aromatic nitrogens is 2. The molecule has 0 bridgehead atoms. The fourth-order valence-electron chi connectivity index (χ4n) is 2.87. The van der Waals surface area contributed by atoms with Gasteiger partial charge >= 0.3 is 0 Å². The molecule has 3 rings (SSSR count). The lowest BCUT2D eigenvalue weighted by molar-refractivity contribution is 0.493. The van der Waals surface area contributed by atoms with Gasteiger partial charge in [0.25, 0.3) is 0 Å². The number of halogens is 1. The van der Waals surface area contributed by atoms with Gasteiger partial charge in [-0.1, -0.05) is 12.1 Å². The third kappa shape index (κ3) is 2.38. The molecule has 2 unspecified atom stereocenters. The summed E-state index contributed by atoms with van der Waals surface area (Å²) >= 11 is 8.40. The Morgan fingerprint density at radius 1 is 1.47 bits per heavy atom. The average Bonchev–Trinajstić information content (AvgIpc) is 2.81. The van der Waals surface area contributed by atoms with Crippen LogP contribution in [0, 0.1) is 6.92 Å². The molecule has 1 aromatic carbocycles. The van der Waals surface area contributed by atoms with Gasteiger partial charge in [0, 0.05) is 11.8 Å². The molecule has 1 aromatic heterocycles. The minimum atomic E-state index is -0.0428. The zero-order chi connectivity index (χ0) is 13.4. The van der Waals surface area contributed by atoms with Crippen molar-refractivity contribution in [1.82, 2.24) is 9.55 Å². The molecule has 102 valence electrons. The number of imidazole rings is 1. The largest absolute Gasteiger partial charge is 0.323 e. The van der Waals surface area contributed by atoms with Gasteiger partial charge in [0.05, 0.1) is 16.4 Å². The Morgan fingerprint density at radius 3 is 3.00 bits per heavy atom. The first-order valence-electron chi connectivity index (χ1n) is 6.87. The molecule has 0 aliphatic carbocycles. The predicted molar refractivity (Wildman–Crippen MR) is 84.3 cm³/mol. The summed E-state index contributed by atoms with van der Waals surface area (Å²) in [5.74, 6) is 3.49. The van der Waals surface area contributed by atoms with E-state index in [0.717, 1.165) is 11.3 Å². The molecule has 2 nitrogen and oxygen atoms in total. The highest BCUT2D eigenvalue weighted by Crippen LogP contribution is 2.35. The van der Waals surface area contributed by atoms with E-state index in [1.807, 2.05) is 18.7 Å². The maximum atomic E-state index is 6.36. The number of para-hydroxylation sites is 1. The van der Waals surface area contributed by atoms with E-state index in [-0.39, 0.29) is 5.38 Å². The second-order valence-electron chi connectivity index (χ2n) is 5.27. The van der Waals surface area contributed by atoms with Gasteiger partial charge in [-0.3, -0.25) is 0 Å². The van der Waals surface area contributed by atoms with Crippen LogP contribution in [0.4, 0.5) is 0 Å². The molecule has 0 N–H and O–H groups in total. The number of rotatable bonds is 2. The number of hydrogen-bond donors (Lipinski definition) is 0. The maximum absolute atomic E-state index is 6.36. The van der Waals surface area contributed by atoms with Gasteiger partial charge in [0.15, 0.2) is 0 Å². The zero-order valence-electron chi connectivity index (χ0n) is 11.4. The summed E-state index contributed by atoms with van der Waals surface area (Å²) < 4.78 is 2.40. The smallest absolute Gasteiger partial charge is 0.128 e. The number of fused-ring (bicyclic) bond motifs is 1. The highest BCUT2D eigenvalue weighted by molar-refractivity contribution is 7.99. The van der Waals surface area contributed by atoms with Crippen molar-refractivity contribution < 1.29 is 0 Å². The third-order valence-electron chi connectivity index (χ3n) is 3.81. The molecule has 0 amide bonds. The van der Waals surface area contributed by atoms with Crippen LogP contribution in [-0.4, -0.2) is 21.1 Å². The lowest BCUT2D eigenvalue weighted by Gasteiger charge is -2.25. The first-order chi connectivity index (χ1) is 9.18. The molecule has 2 atom stereocenters. The SMILES string of the molecule is Cc1cccc2c1nc(C(C)Cl)n2C1CCCSC1. The topological polar surface area (TPSA) is 17.8 Å². The Bertz CT molecular complexity index is 585. The number of benzene rings is 1. The summed E-state index contributed by atoms with van der Waals surface area (Å²) in [5, 5.41) is -0.0428. The van der Waals surface area contributed by atoms with E-state index in [2.05, 4.69) is 29.7 Å². The van der Waals surface area contributed by atoms with Crippen molar-refractivity contribution >= 4 is 34.4 Å². The minimum absolute atomic E-state index is 0.0428. The van der Waals surface area contributed by atoms with Gasteiger partial charge in [0.2, 0.25) is 0 Å². The van der Waals surface area contributed by atoms with Crippen LogP contribution in [0.3, 0.4) is 0 Å². The first kappa shape index (κ1) is 13.3. The van der Waals surface area contributed by atoms with E-state index in [1.165, 1.54) is 35.4 Å². The van der Waals surface area contributed by atoms with Gasteiger partial charge in [-0.2, -0.15) is 11.8 Å². The van der Waals surface area contributed by atoms with Crippen molar-refractivity contribution in [2.75, 3.05) is 11.5 Å². The molecule has 1 aliphatic rings. The monoisotopic (exact) mass is 294 g/mol. The fourth-order valence-corrected chi connectivity index (χ4v) is 4.15. The van der Waals surface area contributed by atoms with Gasteiger partial charge in [-0.25, -0.2) is 4.98 Å². The van der Waals surface area contributed by atoms with Gasteiger partial charge in [-0.15, -0.1) is 11.6 Å². The maximum Gasteiger partial charge on any atom is 0.128 e. The van der Waals surface area contributed by atoms with Crippen LogP contribution in [0.2, 0.25) is 0 Å². The molecule has 1 fully saturated rings. The van der Waals surface area contributed by atoms with Crippen molar-refractivity contribution in [2.24, 2.45) is 0 Å². The molecule has 0 spiro atoms. The molecule has 1 saturated heterocycles. The highest BCUT2D eigenvalue weighted by atomic mass is 35.5. The van der Waals surface area contributed by atoms with Crippen molar-refractivity contribution in [2.45, 2.75) is 38.1 Å². The number of alkyl halides is 1. The quantitative estimate of drug-likeness (QED) is 0.746. The second-order valence-corrected chi connectivity index (χ2v) is 7.07. The van der Waals surface area contributed by atoms with Gasteiger partial charge < -0.3 is 4.57 Å². The minimum Gasteiger partial charge on any atom is -0.323 e. The van der Waals surface area contributed by atoms with E-state index in [0.29, 0.717) is 6.04 Å². The Kier molecular flexibility index (Phi) is 3.77. The van der Waals surface area contributed by atoms with Gasteiger partial charge in [-0.05, 0) is 44.1 Å². The molecule has 0 radical (unpaired) electrons. The first-order valence-corrected chi connectivity index (χ1v) is 8.47. The molecule has 0 saturated carbocycles. The molecule has 4 heteroatoms. The standard InChI is InChI=1S/C15H19ClN2S/c1-10-5-3-7-13-14(10)17-15(11(2)16)18(13)12-6-4-8-19-9-12/h3,5,7,11-12H,4,6,8-9H2,1-2H3. The summed E-state index contributed by atoms with van der Waals surface area (Å²) in [7, 11) is 0. The molecule has 19 heavy (non-hydrogen) atoms. The van der Waals surface area contributed by atoms with Crippen molar-refractivity contribution in [3.8, 4) is 0 Å². The van der Waals surface area contributed by atoms with Crippen LogP contribution in [0.25, 0.3) is 11.0 Å². The normalized spacial score (nSPS) is 21.7. The fraction of sp³-hybridized carbons (Fsp3) is 0.533. The summed E-state index contributed by atoms with van der Waals surface area (Å²) in [4.78, 5) is 4.81. The molecular formula is C15H19ClN2S. The molecular weight excluding hydrogens is 276 g/mol. The van der Waals surface area contributed by atoms with E-state index in [4.69, 9.17) is 16.6 Å². The lowest BCUT2D eigenvalue weighted by Crippen LogP contribution is -2.18. The van der Waals surface area contributed by atoms with Crippen LogP contribution in [0.15, 0.2) is 18.2 Å². The summed E-state index contributed by atoms with van der Waals surface area (Å²) in [6.45, 7) is 4.14. The molecule has 2 heterocycles. The van der Waals surface area contributed by atoms with Crippen molar-refractivity contribution in [3.63, 3.8) is 0 Å². The van der Waals surface area contributed by atoms with Crippen LogP contribution in [0.1, 0.15) is 42.6 Å². The number of nitrogens with zero attached hydrogens (tertiary/aromatic N) is 2. The van der Waals surface area contributed by atoms with Crippen LogP contribution >= 0.6 is 23.4 Å². The van der Waals surface area contributed by atoms with E-state index in [1.54, 1.807) is 0 Å². The van der Waals surface area contributed by atoms with Crippen LogP contribution < -0.4 is 0 Å². The highest BCUT2D eigenvalue weighted by Gasteiger charge is 2.23. The Morgan fingerprint density at radius 2 is 2.32 bits per heavy atom. The van der Waals surface area contributed by atoms with E-state index < -0.39 is 0 Å². The summed E-state index contributed by atoms with van der Waals surface area (Å²) in [6, 6.07) is 6.96. The van der Waals surface area contributed by atoms with E-state index >= 15 is 0 Å². The predicted octanol–water partition coefficient (Wildman–Crippen LogP) is 4.71. The molecule has 2 aromatic rings. The summed E-state index contributed by atoms with van der Waals surface area (Å²) in [6.07, 6.45) is 2.53. The van der Waals surface area contributed by atoms with Crippen LogP contribution in [-0.2, 0) is 0 Å². The van der Waals surface area contributed by atoms with Gasteiger partial charge in [0.1, 0.15) is 5.82 Å². The third-order valence-corrected chi connectivity index (χ3v) is 5.20. The summed E-state index contributed by atoms with van der Waals surface area (Å²) in [5.41, 5.74) is 3.59. The number of aryl methyl sites for hydroxylation is 1. The molecule has 1 aliphatic heterocycles. The number of hydrogen-bond acceptors (Lipinski definition) is 2.